The van der Waals surface area contributed by atoms with Gasteiger partial charge in [-0.15, -0.1) is 5.10 Å². The first kappa shape index (κ1) is 14.0. The number of amides is 1. The van der Waals surface area contributed by atoms with E-state index >= 15 is 0 Å². The van der Waals surface area contributed by atoms with E-state index in [0.717, 1.165) is 5.56 Å². The molecular formula is C16H15FN4O2. The molecule has 0 saturated heterocycles. The molecule has 2 unspecified atom stereocenters. The van der Waals surface area contributed by atoms with Gasteiger partial charge in [-0.3, -0.25) is 9.59 Å². The molecule has 2 heterocycles. The van der Waals surface area contributed by atoms with E-state index in [1.807, 2.05) is 30.3 Å². The van der Waals surface area contributed by atoms with Crippen molar-refractivity contribution in [3.63, 3.8) is 0 Å². The van der Waals surface area contributed by atoms with Gasteiger partial charge in [0.1, 0.15) is 0 Å². The van der Waals surface area contributed by atoms with Crippen LogP contribution in [0.5, 0.6) is 0 Å². The number of ketones is 1. The van der Waals surface area contributed by atoms with E-state index in [2.05, 4.69) is 10.1 Å². The van der Waals surface area contributed by atoms with E-state index < -0.39 is 23.9 Å². The quantitative estimate of drug-likeness (QED) is 0.868. The lowest BCUT2D eigenvalue weighted by Gasteiger charge is -2.11. The van der Waals surface area contributed by atoms with Crippen molar-refractivity contribution in [1.82, 2.24) is 14.8 Å². The van der Waals surface area contributed by atoms with E-state index in [1.165, 1.54) is 4.68 Å². The number of nitrogens with two attached hydrogens (primary N) is 1. The second kappa shape index (κ2) is 4.97. The number of hydrogen-bond acceptors (Lipinski definition) is 4. The monoisotopic (exact) mass is 314 g/mol. The lowest BCUT2D eigenvalue weighted by Crippen LogP contribution is -2.17. The van der Waals surface area contributed by atoms with Gasteiger partial charge < -0.3 is 5.73 Å². The van der Waals surface area contributed by atoms with Crippen LogP contribution in [0.25, 0.3) is 0 Å². The number of alkyl halides is 1. The molecule has 4 rings (SSSR count). The van der Waals surface area contributed by atoms with Gasteiger partial charge in [0.2, 0.25) is 17.5 Å². The van der Waals surface area contributed by atoms with Gasteiger partial charge in [-0.05, 0) is 12.0 Å². The Bertz CT molecular complexity index is 789. The highest BCUT2D eigenvalue weighted by Gasteiger charge is 2.49. The number of Topliss-reactive ketones (excluding diaryl/α,β-unsaturated/α-hetero) is 1. The Balaban J connectivity index is 1.63. The molecule has 6 nitrogen and oxygen atoms in total. The Morgan fingerprint density at radius 1 is 1.17 bits per heavy atom. The summed E-state index contributed by atoms with van der Waals surface area (Å²) in [6.45, 7) is 0. The van der Waals surface area contributed by atoms with Gasteiger partial charge in [0.05, 0.1) is 6.04 Å². The summed E-state index contributed by atoms with van der Waals surface area (Å²) in [5.74, 6) is -1.54. The summed E-state index contributed by atoms with van der Waals surface area (Å²) in [5, 5.41) is 4.22. The predicted octanol–water partition coefficient (Wildman–Crippen LogP) is 1.59. The second-order valence-corrected chi connectivity index (χ2v) is 6.08. The highest BCUT2D eigenvalue weighted by Crippen LogP contribution is 2.42. The van der Waals surface area contributed by atoms with Crippen LogP contribution in [0.3, 0.4) is 0 Å². The van der Waals surface area contributed by atoms with Gasteiger partial charge in [-0.1, -0.05) is 30.3 Å². The van der Waals surface area contributed by atoms with Crippen LogP contribution in [0.15, 0.2) is 30.3 Å². The number of aromatic nitrogens is 3. The fraction of sp³-hybridized carbons (Fsp3) is 0.375. The second-order valence-electron chi connectivity index (χ2n) is 6.08. The molecule has 4 atom stereocenters. The molecule has 0 bridgehead atoms. The summed E-state index contributed by atoms with van der Waals surface area (Å²) >= 11 is 0. The van der Waals surface area contributed by atoms with Gasteiger partial charge in [0.25, 0.3) is 0 Å². The maximum absolute atomic E-state index is 14.2. The van der Waals surface area contributed by atoms with Gasteiger partial charge in [0.15, 0.2) is 12.0 Å². The average Bonchev–Trinajstić information content (AvgIpc) is 3.14. The van der Waals surface area contributed by atoms with Crippen molar-refractivity contribution in [3.05, 3.63) is 47.5 Å². The minimum atomic E-state index is -1.25. The van der Waals surface area contributed by atoms with Gasteiger partial charge in [-0.2, -0.15) is 0 Å². The predicted molar refractivity (Wildman–Crippen MR) is 78.2 cm³/mol. The van der Waals surface area contributed by atoms with Crippen molar-refractivity contribution >= 4 is 11.7 Å². The lowest BCUT2D eigenvalue weighted by molar-refractivity contribution is -0.119. The molecule has 1 aromatic carbocycles. The zero-order valence-corrected chi connectivity index (χ0v) is 12.2. The van der Waals surface area contributed by atoms with Crippen LogP contribution in [-0.4, -0.2) is 26.5 Å². The molecule has 0 spiro atoms. The van der Waals surface area contributed by atoms with E-state index in [-0.39, 0.29) is 29.9 Å². The molecule has 7 heteroatoms. The normalized spacial score (nSPS) is 28.4. The smallest absolute Gasteiger partial charge is 0.221 e. The largest absolute Gasteiger partial charge is 0.369 e. The molecule has 2 aliphatic rings. The minimum Gasteiger partial charge on any atom is -0.369 e. The summed E-state index contributed by atoms with van der Waals surface area (Å²) in [6, 6.07) is 9.19. The number of hydrogen-bond donors (Lipinski definition) is 1. The zero-order valence-electron chi connectivity index (χ0n) is 12.2. The molecule has 1 aliphatic heterocycles. The molecule has 1 amide bonds. The number of halogens is 1. The number of primary amides is 1. The van der Waals surface area contributed by atoms with Crippen LogP contribution < -0.4 is 5.73 Å². The molecule has 118 valence electrons. The van der Waals surface area contributed by atoms with Gasteiger partial charge in [0, 0.05) is 18.3 Å². The van der Waals surface area contributed by atoms with Crippen molar-refractivity contribution in [2.45, 2.75) is 25.1 Å². The highest BCUT2D eigenvalue weighted by atomic mass is 19.1. The average molecular weight is 314 g/mol. The number of benzene rings is 1. The topological polar surface area (TPSA) is 90.9 Å². The van der Waals surface area contributed by atoms with E-state index in [4.69, 9.17) is 5.73 Å². The fourth-order valence-corrected chi connectivity index (χ4v) is 3.20. The van der Waals surface area contributed by atoms with Crippen molar-refractivity contribution in [3.8, 4) is 0 Å². The molecule has 2 aromatic rings. The molecule has 1 fully saturated rings. The third-order valence-corrected chi connectivity index (χ3v) is 4.56. The summed E-state index contributed by atoms with van der Waals surface area (Å²) in [4.78, 5) is 27.5. The minimum absolute atomic E-state index is 0.0166. The Kier molecular flexibility index (Phi) is 3.04. The molecular weight excluding hydrogens is 299 g/mol. The molecule has 2 N–H and O–H groups in total. The summed E-state index contributed by atoms with van der Waals surface area (Å²) in [5.41, 5.74) is 6.13. The van der Waals surface area contributed by atoms with E-state index in [1.54, 1.807) is 0 Å². The number of carbonyl (C=O) groups is 2. The molecule has 1 aliphatic carbocycles. The molecule has 1 aromatic heterocycles. The van der Waals surface area contributed by atoms with Gasteiger partial charge in [-0.25, -0.2) is 14.1 Å². The molecule has 23 heavy (non-hydrogen) atoms. The Labute approximate surface area is 131 Å². The Morgan fingerprint density at radius 2 is 1.91 bits per heavy atom. The lowest BCUT2D eigenvalue weighted by atomic mass is 10.0. The van der Waals surface area contributed by atoms with E-state index in [0.29, 0.717) is 6.42 Å². The highest BCUT2D eigenvalue weighted by molar-refractivity contribution is 6.00. The summed E-state index contributed by atoms with van der Waals surface area (Å²) in [6.07, 6.45) is -0.555. The Hall–Kier alpha value is -2.57. The number of nitrogens with zero attached hydrogens (tertiary/aromatic N) is 3. The maximum atomic E-state index is 14.2. The van der Waals surface area contributed by atoms with Crippen LogP contribution in [-0.2, 0) is 4.79 Å². The van der Waals surface area contributed by atoms with Crippen molar-refractivity contribution in [1.29, 1.82) is 0 Å². The Morgan fingerprint density at radius 3 is 2.57 bits per heavy atom. The van der Waals surface area contributed by atoms with Crippen molar-refractivity contribution < 1.29 is 14.0 Å². The van der Waals surface area contributed by atoms with Crippen molar-refractivity contribution in [2.75, 3.05) is 0 Å². The standard InChI is InChI=1S/C16H15FN4O2/c17-11-7-12(8-4-2-1-3-5-8)21-16(11)19-15(20-21)13(22)9-6-10(9)14(18)23/h1-5,9-12H,6-7H2,(H2,18,23)/t9?,10?,11-,12-/m0/s1. The zero-order chi connectivity index (χ0) is 16.1. The van der Waals surface area contributed by atoms with Crippen LogP contribution in [0.4, 0.5) is 4.39 Å². The summed E-state index contributed by atoms with van der Waals surface area (Å²) < 4.78 is 15.7. The third kappa shape index (κ3) is 2.23. The number of carbonyl (C=O) groups excluding carboxylic acids is 2. The summed E-state index contributed by atoms with van der Waals surface area (Å²) in [7, 11) is 0. The maximum Gasteiger partial charge on any atom is 0.221 e. The van der Waals surface area contributed by atoms with Crippen molar-refractivity contribution in [2.24, 2.45) is 17.6 Å². The number of rotatable bonds is 4. The first-order chi connectivity index (χ1) is 11.1. The fourth-order valence-electron chi connectivity index (χ4n) is 3.20. The van der Waals surface area contributed by atoms with Gasteiger partial charge >= 0.3 is 0 Å². The third-order valence-electron chi connectivity index (χ3n) is 4.56. The van der Waals surface area contributed by atoms with Crippen LogP contribution in [0, 0.1) is 11.8 Å². The first-order valence-electron chi connectivity index (χ1n) is 7.55. The van der Waals surface area contributed by atoms with Crippen LogP contribution >= 0.6 is 0 Å². The van der Waals surface area contributed by atoms with Crippen LogP contribution in [0.2, 0.25) is 0 Å². The SMILES string of the molecule is NC(=O)C1CC1C(=O)c1nc2n(n1)[C@H](c1ccccc1)C[C@@H]2F. The van der Waals surface area contributed by atoms with Crippen LogP contribution in [0.1, 0.15) is 47.1 Å². The molecule has 1 saturated carbocycles. The number of fused-ring (bicyclic) bond motifs is 1. The first-order valence-corrected chi connectivity index (χ1v) is 7.55. The van der Waals surface area contributed by atoms with E-state index in [9.17, 15) is 14.0 Å². The molecule has 0 radical (unpaired) electrons.